The van der Waals surface area contributed by atoms with E-state index in [0.29, 0.717) is 0 Å². The molecule has 0 saturated carbocycles. The maximum Gasteiger partial charge on any atom is 0.0722 e. The Hall–Kier alpha value is -5.51. The van der Waals surface area contributed by atoms with Crippen LogP contribution in [0.4, 0.5) is 0 Å². The largest absolute Gasteiger partial charge is 0.309 e. The van der Waals surface area contributed by atoms with Crippen LogP contribution in [-0.2, 0) is 0 Å². The molecule has 9 rings (SSSR count). The standard InChI is InChI=1S/C41H26N2S/c1-3-13-27(14-4-1)35-25-28(30-19-11-20-32-31-17-8-10-24-39(31)44-41(30)32)26-36(42-35)33-21-12-23-38-40(33)34-18-7-9-22-37(34)43(38)29-15-5-2-6-16-29/h1-26H. The van der Waals surface area contributed by atoms with Gasteiger partial charge in [-0.25, -0.2) is 4.98 Å². The van der Waals surface area contributed by atoms with Gasteiger partial charge in [0, 0.05) is 47.8 Å². The van der Waals surface area contributed by atoms with Crippen molar-refractivity contribution in [3.63, 3.8) is 0 Å². The second-order valence-corrected chi connectivity index (χ2v) is 12.2. The zero-order valence-electron chi connectivity index (χ0n) is 23.8. The number of pyridine rings is 1. The van der Waals surface area contributed by atoms with Crippen LogP contribution < -0.4 is 0 Å². The highest BCUT2D eigenvalue weighted by Crippen LogP contribution is 2.43. The monoisotopic (exact) mass is 578 g/mol. The van der Waals surface area contributed by atoms with Crippen molar-refractivity contribution in [1.82, 2.24) is 9.55 Å². The molecule has 3 aromatic heterocycles. The van der Waals surface area contributed by atoms with Gasteiger partial charge in [-0.1, -0.05) is 115 Å². The fourth-order valence-electron chi connectivity index (χ4n) is 6.64. The van der Waals surface area contributed by atoms with Gasteiger partial charge in [0.05, 0.1) is 22.4 Å². The average molecular weight is 579 g/mol. The van der Waals surface area contributed by atoms with Gasteiger partial charge in [0.1, 0.15) is 0 Å². The molecule has 9 aromatic rings. The summed E-state index contributed by atoms with van der Waals surface area (Å²) >= 11 is 1.87. The number of aromatic nitrogens is 2. The van der Waals surface area contributed by atoms with E-state index in [2.05, 4.69) is 162 Å². The highest BCUT2D eigenvalue weighted by atomic mass is 32.1. The fraction of sp³-hybridized carbons (Fsp3) is 0. The third kappa shape index (κ3) is 3.90. The number of nitrogens with zero attached hydrogens (tertiary/aromatic N) is 2. The van der Waals surface area contributed by atoms with Gasteiger partial charge in [-0.05, 0) is 53.6 Å². The maximum absolute atomic E-state index is 5.36. The lowest BCUT2D eigenvalue weighted by Gasteiger charge is -2.12. The lowest BCUT2D eigenvalue weighted by Crippen LogP contribution is -1.94. The van der Waals surface area contributed by atoms with Gasteiger partial charge < -0.3 is 4.57 Å². The number of fused-ring (bicyclic) bond motifs is 6. The Morgan fingerprint density at radius 1 is 0.455 bits per heavy atom. The van der Waals surface area contributed by atoms with Crippen LogP contribution in [0.15, 0.2) is 158 Å². The highest BCUT2D eigenvalue weighted by Gasteiger charge is 2.19. The summed E-state index contributed by atoms with van der Waals surface area (Å²) in [6, 6.07) is 56.4. The predicted molar refractivity (Wildman–Crippen MR) is 188 cm³/mol. The Labute approximate surface area is 259 Å². The van der Waals surface area contributed by atoms with Crippen LogP contribution in [0, 0.1) is 0 Å². The lowest BCUT2D eigenvalue weighted by atomic mass is 9.97. The van der Waals surface area contributed by atoms with Crippen LogP contribution in [-0.4, -0.2) is 9.55 Å². The topological polar surface area (TPSA) is 17.8 Å². The summed E-state index contributed by atoms with van der Waals surface area (Å²) < 4.78 is 4.99. The van der Waals surface area contributed by atoms with Crippen molar-refractivity contribution in [2.75, 3.05) is 0 Å². The number of hydrogen-bond donors (Lipinski definition) is 0. The third-order valence-electron chi connectivity index (χ3n) is 8.60. The second-order valence-electron chi connectivity index (χ2n) is 11.2. The third-order valence-corrected chi connectivity index (χ3v) is 9.82. The van der Waals surface area contributed by atoms with Crippen molar-refractivity contribution >= 4 is 53.3 Å². The summed E-state index contributed by atoms with van der Waals surface area (Å²) in [6.45, 7) is 0. The van der Waals surface area contributed by atoms with E-state index >= 15 is 0 Å². The Balaban J connectivity index is 1.35. The van der Waals surface area contributed by atoms with Crippen LogP contribution in [0.5, 0.6) is 0 Å². The van der Waals surface area contributed by atoms with E-state index in [-0.39, 0.29) is 0 Å². The maximum atomic E-state index is 5.36. The second kappa shape index (κ2) is 10.0. The van der Waals surface area contributed by atoms with E-state index in [1.807, 2.05) is 11.3 Å². The molecule has 0 saturated heterocycles. The van der Waals surface area contributed by atoms with Gasteiger partial charge in [-0.15, -0.1) is 11.3 Å². The summed E-state index contributed by atoms with van der Waals surface area (Å²) in [4.78, 5) is 5.36. The molecule has 0 aliphatic heterocycles. The van der Waals surface area contributed by atoms with Gasteiger partial charge in [0.25, 0.3) is 0 Å². The van der Waals surface area contributed by atoms with Gasteiger partial charge in [0.15, 0.2) is 0 Å². The van der Waals surface area contributed by atoms with Crippen molar-refractivity contribution < 1.29 is 0 Å². The van der Waals surface area contributed by atoms with Crippen LogP contribution in [0.3, 0.4) is 0 Å². The SMILES string of the molecule is c1ccc(-c2cc(-c3cccc4c3sc3ccccc34)cc(-c3cccc4c3c3ccccc3n4-c3ccccc3)n2)cc1. The first-order chi connectivity index (χ1) is 21.8. The van der Waals surface area contributed by atoms with Crippen molar-refractivity contribution in [3.05, 3.63) is 158 Å². The molecule has 0 bridgehead atoms. The fourth-order valence-corrected chi connectivity index (χ4v) is 7.88. The Morgan fingerprint density at radius 2 is 1.09 bits per heavy atom. The van der Waals surface area contributed by atoms with Gasteiger partial charge in [-0.3, -0.25) is 0 Å². The summed E-state index contributed by atoms with van der Waals surface area (Å²) in [5, 5.41) is 5.05. The van der Waals surface area contributed by atoms with Crippen molar-refractivity contribution in [1.29, 1.82) is 0 Å². The quantitative estimate of drug-likeness (QED) is 0.203. The minimum atomic E-state index is 0.972. The summed E-state index contributed by atoms with van der Waals surface area (Å²) in [7, 11) is 0. The summed E-state index contributed by atoms with van der Waals surface area (Å²) in [5.41, 5.74) is 10.1. The molecule has 3 heterocycles. The van der Waals surface area contributed by atoms with E-state index in [9.17, 15) is 0 Å². The van der Waals surface area contributed by atoms with Crippen LogP contribution in [0.1, 0.15) is 0 Å². The molecule has 0 spiro atoms. The normalized spacial score (nSPS) is 11.6. The average Bonchev–Trinajstić information content (AvgIpc) is 3.65. The van der Waals surface area contributed by atoms with Crippen molar-refractivity contribution in [2.24, 2.45) is 0 Å². The Kier molecular flexibility index (Phi) is 5.71. The van der Waals surface area contributed by atoms with E-state index in [1.165, 1.54) is 53.1 Å². The lowest BCUT2D eigenvalue weighted by molar-refractivity contribution is 1.18. The molecule has 0 atom stereocenters. The molecule has 0 radical (unpaired) electrons. The van der Waals surface area contributed by atoms with Gasteiger partial charge >= 0.3 is 0 Å². The van der Waals surface area contributed by atoms with Gasteiger partial charge in [0.2, 0.25) is 0 Å². The molecule has 3 heteroatoms. The van der Waals surface area contributed by atoms with Crippen molar-refractivity contribution in [3.8, 4) is 39.3 Å². The summed E-state index contributed by atoms with van der Waals surface area (Å²) in [6.07, 6.45) is 0. The minimum Gasteiger partial charge on any atom is -0.309 e. The first-order valence-electron chi connectivity index (χ1n) is 14.9. The molecule has 0 N–H and O–H groups in total. The number of hydrogen-bond acceptors (Lipinski definition) is 2. The van der Waals surface area contributed by atoms with Crippen LogP contribution >= 0.6 is 11.3 Å². The summed E-state index contributed by atoms with van der Waals surface area (Å²) in [5.74, 6) is 0. The zero-order chi connectivity index (χ0) is 29.0. The molecule has 206 valence electrons. The first kappa shape index (κ1) is 25.0. The first-order valence-corrected chi connectivity index (χ1v) is 15.7. The van der Waals surface area contributed by atoms with E-state index < -0.39 is 0 Å². The van der Waals surface area contributed by atoms with Crippen molar-refractivity contribution in [2.45, 2.75) is 0 Å². The zero-order valence-corrected chi connectivity index (χ0v) is 24.6. The smallest absolute Gasteiger partial charge is 0.0722 e. The molecule has 0 unspecified atom stereocenters. The van der Waals surface area contributed by atoms with E-state index in [4.69, 9.17) is 4.98 Å². The number of rotatable bonds is 4. The molecule has 0 amide bonds. The van der Waals surface area contributed by atoms with Gasteiger partial charge in [-0.2, -0.15) is 0 Å². The molecule has 0 fully saturated rings. The number of thiophene rings is 1. The highest BCUT2D eigenvalue weighted by molar-refractivity contribution is 7.26. The Morgan fingerprint density at radius 3 is 1.95 bits per heavy atom. The van der Waals surface area contributed by atoms with Crippen LogP contribution in [0.2, 0.25) is 0 Å². The van der Waals surface area contributed by atoms with E-state index in [0.717, 1.165) is 28.2 Å². The molecule has 44 heavy (non-hydrogen) atoms. The van der Waals surface area contributed by atoms with E-state index in [1.54, 1.807) is 0 Å². The predicted octanol–water partition coefficient (Wildman–Crippen LogP) is 11.5. The number of benzene rings is 6. The molecule has 0 aliphatic carbocycles. The molecule has 2 nitrogen and oxygen atoms in total. The molecular formula is C41H26N2S. The van der Waals surface area contributed by atoms with Crippen LogP contribution in [0.25, 0.3) is 81.3 Å². The molecule has 0 aliphatic rings. The molecule has 6 aromatic carbocycles. The molecular weight excluding hydrogens is 553 g/mol. The number of para-hydroxylation sites is 2. The minimum absolute atomic E-state index is 0.972. The Bertz CT molecular complexity index is 2490.